The molecule has 106 valence electrons. The summed E-state index contributed by atoms with van der Waals surface area (Å²) in [7, 11) is 0. The average Bonchev–Trinajstić information content (AvgIpc) is 2.40. The molecular formula is C14H28N2O2. The van der Waals surface area contributed by atoms with E-state index in [9.17, 15) is 5.11 Å². The second-order valence-electron chi connectivity index (χ2n) is 5.80. The molecule has 0 bridgehead atoms. The Morgan fingerprint density at radius 2 is 2.11 bits per heavy atom. The van der Waals surface area contributed by atoms with E-state index in [0.29, 0.717) is 0 Å². The fourth-order valence-corrected chi connectivity index (χ4v) is 3.04. The van der Waals surface area contributed by atoms with Gasteiger partial charge in [0.1, 0.15) is 0 Å². The Labute approximate surface area is 111 Å². The van der Waals surface area contributed by atoms with Crippen LogP contribution < -0.4 is 5.32 Å². The van der Waals surface area contributed by atoms with Crippen molar-refractivity contribution in [2.75, 3.05) is 39.3 Å². The van der Waals surface area contributed by atoms with Crippen LogP contribution in [0.3, 0.4) is 0 Å². The van der Waals surface area contributed by atoms with Crippen molar-refractivity contribution >= 4 is 0 Å². The minimum Gasteiger partial charge on any atom is -0.389 e. The SMILES string of the molecule is CCN1CCOC(CNCC2(O)CCCCC2)C1. The minimum absolute atomic E-state index is 0.283. The molecule has 0 radical (unpaired) electrons. The maximum atomic E-state index is 10.4. The summed E-state index contributed by atoms with van der Waals surface area (Å²) in [5.41, 5.74) is -0.461. The van der Waals surface area contributed by atoms with Gasteiger partial charge in [0.2, 0.25) is 0 Å². The molecule has 1 atom stereocenters. The fourth-order valence-electron chi connectivity index (χ4n) is 3.04. The largest absolute Gasteiger partial charge is 0.389 e. The first-order chi connectivity index (χ1) is 8.72. The number of ether oxygens (including phenoxy) is 1. The van der Waals surface area contributed by atoms with E-state index < -0.39 is 5.60 Å². The second kappa shape index (κ2) is 6.85. The third-order valence-corrected chi connectivity index (χ3v) is 4.28. The van der Waals surface area contributed by atoms with Crippen molar-refractivity contribution in [3.05, 3.63) is 0 Å². The van der Waals surface area contributed by atoms with Crippen LogP contribution in [0.25, 0.3) is 0 Å². The molecule has 0 aromatic rings. The maximum absolute atomic E-state index is 10.4. The van der Waals surface area contributed by atoms with Crippen LogP contribution in [0, 0.1) is 0 Å². The Balaban J connectivity index is 1.65. The van der Waals surface area contributed by atoms with Crippen molar-refractivity contribution in [3.63, 3.8) is 0 Å². The zero-order valence-corrected chi connectivity index (χ0v) is 11.7. The van der Waals surface area contributed by atoms with Crippen LogP contribution >= 0.6 is 0 Å². The number of nitrogens with one attached hydrogen (secondary N) is 1. The lowest BCUT2D eigenvalue weighted by Gasteiger charge is -2.35. The molecule has 4 heteroatoms. The van der Waals surface area contributed by atoms with Crippen LogP contribution in [0.5, 0.6) is 0 Å². The fraction of sp³-hybridized carbons (Fsp3) is 1.00. The molecule has 0 aromatic carbocycles. The third-order valence-electron chi connectivity index (χ3n) is 4.28. The Kier molecular flexibility index (Phi) is 5.42. The molecule has 0 aromatic heterocycles. The number of nitrogens with zero attached hydrogens (tertiary/aromatic N) is 1. The van der Waals surface area contributed by atoms with Crippen LogP contribution in [-0.2, 0) is 4.74 Å². The van der Waals surface area contributed by atoms with Gasteiger partial charge in [-0.1, -0.05) is 26.2 Å². The van der Waals surface area contributed by atoms with Crippen molar-refractivity contribution in [2.45, 2.75) is 50.7 Å². The highest BCUT2D eigenvalue weighted by Gasteiger charge is 2.29. The zero-order valence-electron chi connectivity index (χ0n) is 11.7. The Bertz CT molecular complexity index is 242. The summed E-state index contributed by atoms with van der Waals surface area (Å²) in [6.07, 6.45) is 5.80. The van der Waals surface area contributed by atoms with Crippen LogP contribution in [-0.4, -0.2) is 61.0 Å². The van der Waals surface area contributed by atoms with Gasteiger partial charge in [-0.05, 0) is 19.4 Å². The van der Waals surface area contributed by atoms with E-state index in [0.717, 1.165) is 52.2 Å². The van der Waals surface area contributed by atoms with Crippen molar-refractivity contribution in [3.8, 4) is 0 Å². The number of rotatable bonds is 5. The first-order valence-electron chi connectivity index (χ1n) is 7.49. The molecule has 1 heterocycles. The molecule has 18 heavy (non-hydrogen) atoms. The van der Waals surface area contributed by atoms with Gasteiger partial charge in [-0.3, -0.25) is 4.90 Å². The van der Waals surface area contributed by atoms with Gasteiger partial charge in [-0.15, -0.1) is 0 Å². The molecule has 1 saturated carbocycles. The molecular weight excluding hydrogens is 228 g/mol. The van der Waals surface area contributed by atoms with Gasteiger partial charge in [-0.2, -0.15) is 0 Å². The molecule has 0 spiro atoms. The van der Waals surface area contributed by atoms with E-state index in [2.05, 4.69) is 17.1 Å². The van der Waals surface area contributed by atoms with Gasteiger partial charge in [-0.25, -0.2) is 0 Å². The molecule has 1 unspecified atom stereocenters. The number of hydrogen-bond donors (Lipinski definition) is 2. The highest BCUT2D eigenvalue weighted by Crippen LogP contribution is 2.27. The molecule has 0 amide bonds. The van der Waals surface area contributed by atoms with Gasteiger partial charge < -0.3 is 15.2 Å². The predicted octanol–water partition coefficient (Wildman–Crippen LogP) is 0.992. The summed E-state index contributed by atoms with van der Waals surface area (Å²) in [6.45, 7) is 7.78. The van der Waals surface area contributed by atoms with Gasteiger partial charge in [0, 0.05) is 26.2 Å². The summed E-state index contributed by atoms with van der Waals surface area (Å²) >= 11 is 0. The standard InChI is InChI=1S/C14H28N2O2/c1-2-16-8-9-18-13(11-16)10-15-12-14(17)6-4-3-5-7-14/h13,15,17H,2-12H2,1H3. The summed E-state index contributed by atoms with van der Waals surface area (Å²) in [4.78, 5) is 2.42. The summed E-state index contributed by atoms with van der Waals surface area (Å²) < 4.78 is 5.75. The van der Waals surface area contributed by atoms with E-state index >= 15 is 0 Å². The molecule has 2 rings (SSSR count). The van der Waals surface area contributed by atoms with Crippen molar-refractivity contribution in [2.24, 2.45) is 0 Å². The molecule has 2 fully saturated rings. The molecule has 1 saturated heterocycles. The zero-order chi connectivity index (χ0) is 12.8. The monoisotopic (exact) mass is 256 g/mol. The maximum Gasteiger partial charge on any atom is 0.0826 e. The Morgan fingerprint density at radius 1 is 1.33 bits per heavy atom. The van der Waals surface area contributed by atoms with E-state index in [1.807, 2.05) is 0 Å². The number of morpholine rings is 1. The highest BCUT2D eigenvalue weighted by molar-refractivity contribution is 4.85. The highest BCUT2D eigenvalue weighted by atomic mass is 16.5. The normalized spacial score (nSPS) is 29.3. The minimum atomic E-state index is -0.461. The topological polar surface area (TPSA) is 44.7 Å². The van der Waals surface area contributed by atoms with Crippen LogP contribution in [0.4, 0.5) is 0 Å². The van der Waals surface area contributed by atoms with E-state index in [1.54, 1.807) is 0 Å². The second-order valence-corrected chi connectivity index (χ2v) is 5.80. The predicted molar refractivity (Wildman–Crippen MR) is 72.8 cm³/mol. The smallest absolute Gasteiger partial charge is 0.0826 e. The third kappa shape index (κ3) is 4.19. The van der Waals surface area contributed by atoms with E-state index in [1.165, 1.54) is 19.3 Å². The molecule has 2 aliphatic rings. The lowest BCUT2D eigenvalue weighted by Crippen LogP contribution is -2.49. The summed E-state index contributed by atoms with van der Waals surface area (Å²) in [5, 5.41) is 13.8. The first-order valence-corrected chi connectivity index (χ1v) is 7.49. The van der Waals surface area contributed by atoms with E-state index in [4.69, 9.17) is 4.74 Å². The number of hydrogen-bond acceptors (Lipinski definition) is 4. The molecule has 4 nitrogen and oxygen atoms in total. The van der Waals surface area contributed by atoms with Crippen LogP contribution in [0.15, 0.2) is 0 Å². The summed E-state index contributed by atoms with van der Waals surface area (Å²) in [5.74, 6) is 0. The average molecular weight is 256 g/mol. The molecule has 1 aliphatic carbocycles. The molecule has 2 N–H and O–H groups in total. The van der Waals surface area contributed by atoms with Crippen LogP contribution in [0.2, 0.25) is 0 Å². The van der Waals surface area contributed by atoms with Crippen LogP contribution in [0.1, 0.15) is 39.0 Å². The Hall–Kier alpha value is -0.160. The lowest BCUT2D eigenvalue weighted by molar-refractivity contribution is -0.0329. The Morgan fingerprint density at radius 3 is 2.83 bits per heavy atom. The van der Waals surface area contributed by atoms with Gasteiger partial charge in [0.25, 0.3) is 0 Å². The molecule has 1 aliphatic heterocycles. The lowest BCUT2D eigenvalue weighted by atomic mass is 9.85. The van der Waals surface area contributed by atoms with Gasteiger partial charge in [0.05, 0.1) is 18.3 Å². The van der Waals surface area contributed by atoms with Crippen molar-refractivity contribution < 1.29 is 9.84 Å². The number of aliphatic hydroxyl groups is 1. The van der Waals surface area contributed by atoms with Crippen molar-refractivity contribution in [1.29, 1.82) is 0 Å². The first kappa shape index (κ1) is 14.3. The van der Waals surface area contributed by atoms with E-state index in [-0.39, 0.29) is 6.10 Å². The van der Waals surface area contributed by atoms with Gasteiger partial charge in [0.15, 0.2) is 0 Å². The quantitative estimate of drug-likeness (QED) is 0.770. The van der Waals surface area contributed by atoms with Crippen molar-refractivity contribution in [1.82, 2.24) is 10.2 Å². The number of likely N-dealkylation sites (N-methyl/N-ethyl adjacent to an activating group) is 1. The van der Waals surface area contributed by atoms with Gasteiger partial charge >= 0.3 is 0 Å². The summed E-state index contributed by atoms with van der Waals surface area (Å²) in [6, 6.07) is 0.